The van der Waals surface area contributed by atoms with E-state index in [-0.39, 0.29) is 0 Å². The summed E-state index contributed by atoms with van der Waals surface area (Å²) in [4.78, 5) is 0. The van der Waals surface area contributed by atoms with E-state index in [1.165, 1.54) is 32.1 Å². The van der Waals surface area contributed by atoms with Gasteiger partial charge >= 0.3 is 6.18 Å². The van der Waals surface area contributed by atoms with E-state index in [4.69, 9.17) is 0 Å². The molecular formula is C10H21F3. The Bertz CT molecular complexity index is 82.7. The molecule has 0 aromatic rings. The van der Waals surface area contributed by atoms with Gasteiger partial charge in [0.05, 0.1) is 0 Å². The average molecular weight is 198 g/mol. The molecule has 0 rings (SSSR count). The summed E-state index contributed by atoms with van der Waals surface area (Å²) in [5.74, 6) is 0. The fourth-order valence-corrected chi connectivity index (χ4v) is 0.677. The lowest BCUT2D eigenvalue weighted by Crippen LogP contribution is -2.02. The van der Waals surface area contributed by atoms with Gasteiger partial charge in [0.1, 0.15) is 0 Å². The molecule has 0 unspecified atom stereocenters. The molecule has 0 heterocycles. The van der Waals surface area contributed by atoms with Gasteiger partial charge in [0, 0.05) is 6.42 Å². The third-order valence-corrected chi connectivity index (χ3v) is 1.61. The quantitative estimate of drug-likeness (QED) is 0.561. The van der Waals surface area contributed by atoms with Gasteiger partial charge in [-0.3, -0.25) is 0 Å². The van der Waals surface area contributed by atoms with Crippen LogP contribution in [0.4, 0.5) is 13.2 Å². The van der Waals surface area contributed by atoms with E-state index in [0.29, 0.717) is 0 Å². The second-order valence-corrected chi connectivity index (χ2v) is 3.03. The highest BCUT2D eigenvalue weighted by Crippen LogP contribution is 2.17. The molecule has 0 aromatic carbocycles. The van der Waals surface area contributed by atoms with Crippen LogP contribution in [0.1, 0.15) is 59.3 Å². The van der Waals surface area contributed by atoms with Crippen LogP contribution < -0.4 is 0 Å². The monoisotopic (exact) mass is 198 g/mol. The van der Waals surface area contributed by atoms with Crippen molar-refractivity contribution in [3.63, 3.8) is 0 Å². The molecule has 0 amide bonds. The van der Waals surface area contributed by atoms with E-state index in [9.17, 15) is 13.2 Å². The summed E-state index contributed by atoms with van der Waals surface area (Å²) in [5.41, 5.74) is 0. The number of halogens is 3. The zero-order chi connectivity index (χ0) is 10.7. The van der Waals surface area contributed by atoms with Crippen LogP contribution in [0.15, 0.2) is 0 Å². The van der Waals surface area contributed by atoms with Crippen LogP contribution in [0.2, 0.25) is 0 Å². The van der Waals surface area contributed by atoms with E-state index in [2.05, 4.69) is 13.8 Å². The highest BCUT2D eigenvalue weighted by Gasteiger charge is 2.22. The summed E-state index contributed by atoms with van der Waals surface area (Å²) in [7, 11) is 0. The molecule has 0 bridgehead atoms. The van der Waals surface area contributed by atoms with Crippen LogP contribution in [0.3, 0.4) is 0 Å². The molecule has 0 spiro atoms. The van der Waals surface area contributed by atoms with Gasteiger partial charge in [-0.05, 0) is 0 Å². The Hall–Kier alpha value is -0.210. The molecule has 82 valence electrons. The summed E-state index contributed by atoms with van der Waals surface area (Å²) in [6.45, 7) is 5.57. The Labute approximate surface area is 79.5 Å². The van der Waals surface area contributed by atoms with Crippen molar-refractivity contribution in [2.24, 2.45) is 0 Å². The lowest BCUT2D eigenvalue weighted by molar-refractivity contribution is -0.130. The predicted octanol–water partition coefficient (Wildman–Crippen LogP) is 4.94. The summed E-state index contributed by atoms with van der Waals surface area (Å²) in [6.07, 6.45) is 2.32. The third-order valence-electron chi connectivity index (χ3n) is 1.61. The summed E-state index contributed by atoms with van der Waals surface area (Å²) < 4.78 is 32.4. The Balaban J connectivity index is 0. The van der Waals surface area contributed by atoms with Crippen molar-refractivity contribution in [3.05, 3.63) is 0 Å². The minimum Gasteiger partial charge on any atom is -0.171 e. The van der Waals surface area contributed by atoms with Gasteiger partial charge in [0.15, 0.2) is 0 Å². The molecular weight excluding hydrogens is 177 g/mol. The number of rotatable bonds is 4. The Morgan fingerprint density at radius 1 is 0.769 bits per heavy atom. The van der Waals surface area contributed by atoms with Gasteiger partial charge in [-0.25, -0.2) is 0 Å². The molecule has 0 fully saturated rings. The van der Waals surface area contributed by atoms with Crippen LogP contribution >= 0.6 is 0 Å². The van der Waals surface area contributed by atoms with Crippen LogP contribution in [-0.2, 0) is 0 Å². The first kappa shape index (κ1) is 15.3. The largest absolute Gasteiger partial charge is 0.388 e. The molecule has 0 aliphatic carbocycles. The summed E-state index contributed by atoms with van der Waals surface area (Å²) in [6, 6.07) is 0. The van der Waals surface area contributed by atoms with Crippen molar-refractivity contribution in [1.82, 2.24) is 0 Å². The minimum atomic E-state index is -3.96. The highest BCUT2D eigenvalue weighted by molar-refractivity contribution is 4.39. The maximum Gasteiger partial charge on any atom is 0.388 e. The normalized spacial score (nSPS) is 10.6. The van der Waals surface area contributed by atoms with Crippen LogP contribution in [0.25, 0.3) is 0 Å². The van der Waals surface area contributed by atoms with Crippen molar-refractivity contribution in [1.29, 1.82) is 0 Å². The molecule has 0 aromatic heterocycles. The number of hydrogen-bond donors (Lipinski definition) is 0. The topological polar surface area (TPSA) is 0 Å². The number of alkyl halides is 3. The second kappa shape index (κ2) is 9.87. The van der Waals surface area contributed by atoms with Gasteiger partial charge in [0.2, 0.25) is 0 Å². The fraction of sp³-hybridized carbons (Fsp3) is 1.00. The van der Waals surface area contributed by atoms with Gasteiger partial charge in [-0.1, -0.05) is 52.9 Å². The average Bonchev–Trinajstić information content (AvgIpc) is 2.06. The molecule has 0 radical (unpaired) electrons. The highest BCUT2D eigenvalue weighted by atomic mass is 19.4. The van der Waals surface area contributed by atoms with Crippen molar-refractivity contribution < 1.29 is 13.2 Å². The first-order valence-corrected chi connectivity index (χ1v) is 5.04. The Morgan fingerprint density at radius 2 is 1.08 bits per heavy atom. The molecule has 0 aliphatic heterocycles. The number of hydrogen-bond acceptors (Lipinski definition) is 0. The maximum absolute atomic E-state index is 10.8. The Morgan fingerprint density at radius 3 is 1.23 bits per heavy atom. The Kier molecular flexibility index (Phi) is 11.6. The van der Waals surface area contributed by atoms with E-state index < -0.39 is 12.6 Å². The lowest BCUT2D eigenvalue weighted by atomic mass is 10.2. The van der Waals surface area contributed by atoms with E-state index >= 15 is 0 Å². The van der Waals surface area contributed by atoms with E-state index in [0.717, 1.165) is 6.92 Å². The second-order valence-electron chi connectivity index (χ2n) is 3.03. The lowest BCUT2D eigenvalue weighted by Gasteiger charge is -1.96. The van der Waals surface area contributed by atoms with Crippen LogP contribution in [-0.4, -0.2) is 6.18 Å². The maximum atomic E-state index is 10.8. The zero-order valence-corrected chi connectivity index (χ0v) is 8.88. The van der Waals surface area contributed by atoms with Crippen molar-refractivity contribution in [2.45, 2.75) is 65.5 Å². The van der Waals surface area contributed by atoms with Gasteiger partial charge in [-0.15, -0.1) is 0 Å². The number of unbranched alkanes of at least 4 members (excludes halogenated alkanes) is 4. The minimum absolute atomic E-state index is 0.729. The van der Waals surface area contributed by atoms with Gasteiger partial charge in [-0.2, -0.15) is 13.2 Å². The summed E-state index contributed by atoms with van der Waals surface area (Å²) >= 11 is 0. The van der Waals surface area contributed by atoms with E-state index in [1.54, 1.807) is 0 Å². The summed E-state index contributed by atoms with van der Waals surface area (Å²) in [5, 5.41) is 0. The smallest absolute Gasteiger partial charge is 0.171 e. The molecule has 0 N–H and O–H groups in total. The van der Waals surface area contributed by atoms with E-state index in [1.807, 2.05) is 0 Å². The molecule has 13 heavy (non-hydrogen) atoms. The zero-order valence-electron chi connectivity index (χ0n) is 8.88. The van der Waals surface area contributed by atoms with Crippen molar-refractivity contribution in [3.8, 4) is 0 Å². The SMILES string of the molecule is CCC(F)(F)F.CCCCCCC. The molecule has 0 saturated heterocycles. The first-order chi connectivity index (χ1) is 5.97. The predicted molar refractivity (Wildman–Crippen MR) is 50.8 cm³/mol. The van der Waals surface area contributed by atoms with Gasteiger partial charge < -0.3 is 0 Å². The molecule has 0 aliphatic rings. The molecule has 0 saturated carbocycles. The van der Waals surface area contributed by atoms with Crippen LogP contribution in [0, 0.1) is 0 Å². The van der Waals surface area contributed by atoms with Crippen molar-refractivity contribution in [2.75, 3.05) is 0 Å². The molecule has 0 nitrogen and oxygen atoms in total. The molecule has 0 atom stereocenters. The molecule has 3 heteroatoms. The third kappa shape index (κ3) is 24.5. The first-order valence-electron chi connectivity index (χ1n) is 5.04. The van der Waals surface area contributed by atoms with Gasteiger partial charge in [0.25, 0.3) is 0 Å². The fourth-order valence-electron chi connectivity index (χ4n) is 0.677. The standard InChI is InChI=1S/C7H16.C3H5F3/c1-3-5-7-6-4-2;1-2-3(4,5)6/h3-7H2,1-2H3;2H2,1H3. The van der Waals surface area contributed by atoms with Crippen molar-refractivity contribution >= 4 is 0 Å². The van der Waals surface area contributed by atoms with Crippen LogP contribution in [0.5, 0.6) is 0 Å².